The van der Waals surface area contributed by atoms with Crippen LogP contribution in [0.2, 0.25) is 0 Å². The first-order chi connectivity index (χ1) is 6.13. The second kappa shape index (κ2) is 7.37. The molecule has 2 atom stereocenters. The molecular formula is C12H27N. The summed E-state index contributed by atoms with van der Waals surface area (Å²) in [6.07, 6.45) is 5.35. The molecule has 1 heteroatoms. The summed E-state index contributed by atoms with van der Waals surface area (Å²) in [6.45, 7) is 10.5. The van der Waals surface area contributed by atoms with Crippen molar-refractivity contribution in [2.45, 2.75) is 59.4 Å². The van der Waals surface area contributed by atoms with Gasteiger partial charge in [-0.25, -0.2) is 0 Å². The molecule has 0 amide bonds. The van der Waals surface area contributed by atoms with Gasteiger partial charge in [0, 0.05) is 6.04 Å². The molecule has 0 aromatic carbocycles. The predicted molar refractivity (Wildman–Crippen MR) is 61.1 cm³/mol. The molecule has 0 saturated heterocycles. The normalized spacial score (nSPS) is 16.2. The summed E-state index contributed by atoms with van der Waals surface area (Å²) in [6, 6.07) is 0.742. The van der Waals surface area contributed by atoms with Gasteiger partial charge in [-0.15, -0.1) is 0 Å². The average Bonchev–Trinajstić information content (AvgIpc) is 2.13. The van der Waals surface area contributed by atoms with Crippen molar-refractivity contribution in [2.75, 3.05) is 13.6 Å². The van der Waals surface area contributed by atoms with Gasteiger partial charge in [0.15, 0.2) is 0 Å². The molecule has 0 heterocycles. The smallest absolute Gasteiger partial charge is 0.00895 e. The Morgan fingerprint density at radius 2 is 1.69 bits per heavy atom. The van der Waals surface area contributed by atoms with E-state index in [2.05, 4.69) is 39.6 Å². The minimum absolute atomic E-state index is 0.742. The van der Waals surface area contributed by atoms with Crippen LogP contribution in [0.15, 0.2) is 0 Å². The summed E-state index contributed by atoms with van der Waals surface area (Å²) in [5.41, 5.74) is 0. The summed E-state index contributed by atoms with van der Waals surface area (Å²) >= 11 is 0. The maximum Gasteiger partial charge on any atom is 0.00895 e. The van der Waals surface area contributed by atoms with Gasteiger partial charge in [0.05, 0.1) is 0 Å². The molecule has 0 aliphatic heterocycles. The maximum absolute atomic E-state index is 2.49. The highest BCUT2D eigenvalue weighted by Crippen LogP contribution is 2.16. The molecule has 0 saturated carbocycles. The van der Waals surface area contributed by atoms with E-state index in [1.807, 2.05) is 0 Å². The Morgan fingerprint density at radius 3 is 2.15 bits per heavy atom. The van der Waals surface area contributed by atoms with Crippen LogP contribution in [0.25, 0.3) is 0 Å². The molecule has 0 aliphatic carbocycles. The molecule has 0 bridgehead atoms. The zero-order valence-electron chi connectivity index (χ0n) is 10.1. The van der Waals surface area contributed by atoms with Gasteiger partial charge in [0.2, 0.25) is 0 Å². The predicted octanol–water partition coefficient (Wildman–Crippen LogP) is 3.54. The average molecular weight is 185 g/mol. The van der Waals surface area contributed by atoms with Crippen molar-refractivity contribution in [3.05, 3.63) is 0 Å². The molecule has 0 aromatic heterocycles. The van der Waals surface area contributed by atoms with E-state index in [0.29, 0.717) is 0 Å². The van der Waals surface area contributed by atoms with Crippen LogP contribution in [0, 0.1) is 5.92 Å². The van der Waals surface area contributed by atoms with Crippen LogP contribution < -0.4 is 0 Å². The summed E-state index contributed by atoms with van der Waals surface area (Å²) in [5.74, 6) is 0.844. The fourth-order valence-electron chi connectivity index (χ4n) is 1.76. The van der Waals surface area contributed by atoms with E-state index in [9.17, 15) is 0 Å². The molecule has 2 unspecified atom stereocenters. The Balaban J connectivity index is 3.71. The quantitative estimate of drug-likeness (QED) is 0.586. The van der Waals surface area contributed by atoms with Crippen LogP contribution in [0.3, 0.4) is 0 Å². The molecule has 0 aliphatic rings. The zero-order valence-corrected chi connectivity index (χ0v) is 10.1. The third-order valence-corrected chi connectivity index (χ3v) is 3.11. The van der Waals surface area contributed by atoms with E-state index < -0.39 is 0 Å². The molecule has 1 nitrogen and oxygen atoms in total. The lowest BCUT2D eigenvalue weighted by Crippen LogP contribution is -2.34. The van der Waals surface area contributed by atoms with Gasteiger partial charge in [0.1, 0.15) is 0 Å². The first-order valence-electron chi connectivity index (χ1n) is 5.83. The minimum atomic E-state index is 0.742. The Morgan fingerprint density at radius 1 is 1.08 bits per heavy atom. The lowest BCUT2D eigenvalue weighted by molar-refractivity contribution is 0.191. The minimum Gasteiger partial charge on any atom is -0.303 e. The third-order valence-electron chi connectivity index (χ3n) is 3.11. The Labute approximate surface area is 84.5 Å². The summed E-state index contributed by atoms with van der Waals surface area (Å²) in [5, 5.41) is 0. The molecule has 0 aromatic rings. The monoisotopic (exact) mass is 185 g/mol. The largest absolute Gasteiger partial charge is 0.303 e. The van der Waals surface area contributed by atoms with E-state index in [1.165, 1.54) is 32.2 Å². The number of rotatable bonds is 7. The van der Waals surface area contributed by atoms with Crippen LogP contribution in [0.5, 0.6) is 0 Å². The van der Waals surface area contributed by atoms with Crippen LogP contribution >= 0.6 is 0 Å². The van der Waals surface area contributed by atoms with Crippen LogP contribution in [-0.4, -0.2) is 24.5 Å². The molecule has 0 N–H and O–H groups in total. The van der Waals surface area contributed by atoms with Gasteiger partial charge in [0.25, 0.3) is 0 Å². The van der Waals surface area contributed by atoms with Gasteiger partial charge in [-0.2, -0.15) is 0 Å². The zero-order chi connectivity index (χ0) is 10.3. The van der Waals surface area contributed by atoms with Crippen molar-refractivity contribution < 1.29 is 0 Å². The summed E-state index contributed by atoms with van der Waals surface area (Å²) in [4.78, 5) is 2.49. The maximum atomic E-state index is 2.49. The highest BCUT2D eigenvalue weighted by atomic mass is 15.1. The molecule has 0 rings (SSSR count). The van der Waals surface area contributed by atoms with Gasteiger partial charge in [-0.05, 0) is 39.3 Å². The van der Waals surface area contributed by atoms with Crippen molar-refractivity contribution in [1.82, 2.24) is 4.90 Å². The van der Waals surface area contributed by atoms with Crippen molar-refractivity contribution in [1.29, 1.82) is 0 Å². The highest BCUT2D eigenvalue weighted by molar-refractivity contribution is 4.69. The number of hydrogen-bond acceptors (Lipinski definition) is 1. The lowest BCUT2D eigenvalue weighted by atomic mass is 9.96. The Hall–Kier alpha value is -0.0400. The molecule has 0 fully saturated rings. The summed E-state index contributed by atoms with van der Waals surface area (Å²) < 4.78 is 0. The topological polar surface area (TPSA) is 3.24 Å². The molecule has 0 spiro atoms. The first kappa shape index (κ1) is 13.0. The van der Waals surface area contributed by atoms with Crippen molar-refractivity contribution in [3.8, 4) is 0 Å². The van der Waals surface area contributed by atoms with Gasteiger partial charge < -0.3 is 4.90 Å². The summed E-state index contributed by atoms with van der Waals surface area (Å²) in [7, 11) is 2.25. The van der Waals surface area contributed by atoms with Crippen molar-refractivity contribution in [2.24, 2.45) is 5.92 Å². The van der Waals surface area contributed by atoms with Gasteiger partial charge >= 0.3 is 0 Å². The second-order valence-electron chi connectivity index (χ2n) is 4.34. The standard InChI is InChI=1S/C12H27N/c1-6-8-9-11(3)12(4)13(5)10-7-2/h11-12H,6-10H2,1-5H3. The third kappa shape index (κ3) is 5.30. The Bertz CT molecular complexity index is 112. The molecule has 80 valence electrons. The van der Waals surface area contributed by atoms with Crippen LogP contribution in [0.1, 0.15) is 53.4 Å². The first-order valence-corrected chi connectivity index (χ1v) is 5.83. The van der Waals surface area contributed by atoms with Crippen molar-refractivity contribution in [3.63, 3.8) is 0 Å². The van der Waals surface area contributed by atoms with Gasteiger partial charge in [-0.1, -0.05) is 33.6 Å². The van der Waals surface area contributed by atoms with E-state index in [1.54, 1.807) is 0 Å². The van der Waals surface area contributed by atoms with Crippen LogP contribution in [-0.2, 0) is 0 Å². The fraction of sp³-hybridized carbons (Fsp3) is 1.00. The number of hydrogen-bond donors (Lipinski definition) is 0. The number of nitrogens with zero attached hydrogens (tertiary/aromatic N) is 1. The SMILES string of the molecule is CCCCC(C)C(C)N(C)CCC. The lowest BCUT2D eigenvalue weighted by Gasteiger charge is -2.29. The van der Waals surface area contributed by atoms with E-state index in [-0.39, 0.29) is 0 Å². The van der Waals surface area contributed by atoms with Crippen LogP contribution in [0.4, 0.5) is 0 Å². The van der Waals surface area contributed by atoms with E-state index in [4.69, 9.17) is 0 Å². The highest BCUT2D eigenvalue weighted by Gasteiger charge is 2.15. The van der Waals surface area contributed by atoms with Gasteiger partial charge in [-0.3, -0.25) is 0 Å². The van der Waals surface area contributed by atoms with E-state index in [0.717, 1.165) is 12.0 Å². The Kier molecular flexibility index (Phi) is 7.35. The molecule has 0 radical (unpaired) electrons. The van der Waals surface area contributed by atoms with E-state index >= 15 is 0 Å². The fourth-order valence-corrected chi connectivity index (χ4v) is 1.76. The molecular weight excluding hydrogens is 158 g/mol. The van der Waals surface area contributed by atoms with Crippen molar-refractivity contribution >= 4 is 0 Å². The second-order valence-corrected chi connectivity index (χ2v) is 4.34. The number of unbranched alkanes of at least 4 members (excludes halogenated alkanes) is 1. The molecule has 13 heavy (non-hydrogen) atoms.